The molecule has 1 aliphatic rings. The molecule has 0 aliphatic carbocycles. The Morgan fingerprint density at radius 1 is 1.43 bits per heavy atom. The Bertz CT molecular complexity index is 743. The maximum absolute atomic E-state index is 12.4. The van der Waals surface area contributed by atoms with Crippen LogP contribution in [-0.2, 0) is 23.0 Å². The molecular formula is C12H15N5O3S. The van der Waals surface area contributed by atoms with E-state index in [1.807, 2.05) is 0 Å². The molecule has 0 bridgehead atoms. The van der Waals surface area contributed by atoms with Gasteiger partial charge in [-0.15, -0.1) is 0 Å². The highest BCUT2D eigenvalue weighted by molar-refractivity contribution is 7.89. The van der Waals surface area contributed by atoms with Gasteiger partial charge in [0.25, 0.3) is 0 Å². The standard InChI is InChI=1S/C12H15N5O3S/c13-9-4-8-2-1-3-20-12(8)10(5-9)21(18,19)16-6-11-14-7-15-17-11/h4-5,7,16H,1-3,6,13H2,(H,14,15,17). The SMILES string of the molecule is Nc1cc2c(c(S(=O)(=O)NCc3ncn[nH]3)c1)OCCC2. The third-order valence-electron chi connectivity index (χ3n) is 3.18. The van der Waals surface area contributed by atoms with E-state index in [1.165, 1.54) is 12.4 Å². The topological polar surface area (TPSA) is 123 Å². The number of anilines is 1. The molecule has 112 valence electrons. The van der Waals surface area contributed by atoms with Crippen LogP contribution < -0.4 is 15.2 Å². The molecule has 1 aromatic heterocycles. The lowest BCUT2D eigenvalue weighted by Crippen LogP contribution is -2.25. The number of benzene rings is 1. The second-order valence-corrected chi connectivity index (χ2v) is 6.45. The Morgan fingerprint density at radius 3 is 3.05 bits per heavy atom. The average Bonchev–Trinajstić information content (AvgIpc) is 2.97. The van der Waals surface area contributed by atoms with Crippen molar-refractivity contribution in [2.24, 2.45) is 0 Å². The van der Waals surface area contributed by atoms with Crippen LogP contribution in [0.3, 0.4) is 0 Å². The minimum absolute atomic E-state index is 0.0197. The van der Waals surface area contributed by atoms with Crippen LogP contribution >= 0.6 is 0 Å². The number of aromatic amines is 1. The van der Waals surface area contributed by atoms with Crippen LogP contribution in [0.1, 0.15) is 17.8 Å². The van der Waals surface area contributed by atoms with E-state index in [9.17, 15) is 8.42 Å². The number of aromatic nitrogens is 3. The van der Waals surface area contributed by atoms with Gasteiger partial charge in [-0.1, -0.05) is 0 Å². The van der Waals surface area contributed by atoms with Crippen molar-refractivity contribution in [2.45, 2.75) is 24.3 Å². The minimum Gasteiger partial charge on any atom is -0.492 e. The Hall–Kier alpha value is -2.13. The number of nitrogens with zero attached hydrogens (tertiary/aromatic N) is 2. The van der Waals surface area contributed by atoms with E-state index < -0.39 is 10.0 Å². The van der Waals surface area contributed by atoms with Crippen molar-refractivity contribution >= 4 is 15.7 Å². The molecule has 0 amide bonds. The molecule has 0 saturated heterocycles. The molecule has 3 rings (SSSR count). The van der Waals surface area contributed by atoms with E-state index in [0.717, 1.165) is 18.4 Å². The summed E-state index contributed by atoms with van der Waals surface area (Å²) in [6.07, 6.45) is 2.92. The third-order valence-corrected chi connectivity index (χ3v) is 4.58. The maximum atomic E-state index is 12.4. The normalized spacial score (nSPS) is 14.5. The zero-order valence-electron chi connectivity index (χ0n) is 11.2. The molecular weight excluding hydrogens is 294 g/mol. The van der Waals surface area contributed by atoms with Crippen molar-refractivity contribution in [1.82, 2.24) is 19.9 Å². The fourth-order valence-corrected chi connectivity index (χ4v) is 3.43. The summed E-state index contributed by atoms with van der Waals surface area (Å²) in [5, 5.41) is 6.26. The van der Waals surface area contributed by atoms with Gasteiger partial charge in [-0.25, -0.2) is 18.1 Å². The van der Waals surface area contributed by atoms with Crippen LogP contribution in [0.2, 0.25) is 0 Å². The number of aryl methyl sites for hydroxylation is 1. The molecule has 0 radical (unpaired) electrons. The van der Waals surface area contributed by atoms with Gasteiger partial charge in [-0.3, -0.25) is 5.10 Å². The molecule has 9 heteroatoms. The van der Waals surface area contributed by atoms with Gasteiger partial charge in [0.05, 0.1) is 13.2 Å². The third kappa shape index (κ3) is 2.83. The number of H-pyrrole nitrogens is 1. The molecule has 4 N–H and O–H groups in total. The molecule has 0 atom stereocenters. The van der Waals surface area contributed by atoms with E-state index in [1.54, 1.807) is 6.07 Å². The van der Waals surface area contributed by atoms with E-state index in [4.69, 9.17) is 10.5 Å². The van der Waals surface area contributed by atoms with E-state index >= 15 is 0 Å². The Kier molecular flexibility index (Phi) is 3.52. The van der Waals surface area contributed by atoms with Crippen LogP contribution in [0.4, 0.5) is 5.69 Å². The number of nitrogen functional groups attached to an aromatic ring is 1. The monoisotopic (exact) mass is 309 g/mol. The Labute approximate surface area is 121 Å². The number of sulfonamides is 1. The predicted octanol–water partition coefficient (Wildman–Crippen LogP) is 0.190. The fourth-order valence-electron chi connectivity index (χ4n) is 2.23. The largest absolute Gasteiger partial charge is 0.492 e. The van der Waals surface area contributed by atoms with Crippen molar-refractivity contribution in [3.8, 4) is 5.75 Å². The second kappa shape index (κ2) is 5.34. The fraction of sp³-hybridized carbons (Fsp3) is 0.333. The van der Waals surface area contributed by atoms with Gasteiger partial charge in [0.2, 0.25) is 10.0 Å². The number of nitrogens with one attached hydrogen (secondary N) is 2. The average molecular weight is 309 g/mol. The molecule has 0 unspecified atom stereocenters. The van der Waals surface area contributed by atoms with Crippen LogP contribution in [-0.4, -0.2) is 30.2 Å². The van der Waals surface area contributed by atoms with Crippen molar-refractivity contribution in [1.29, 1.82) is 0 Å². The van der Waals surface area contributed by atoms with Crippen molar-refractivity contribution in [3.63, 3.8) is 0 Å². The lowest BCUT2D eigenvalue weighted by Gasteiger charge is -2.21. The van der Waals surface area contributed by atoms with Crippen LogP contribution in [0.25, 0.3) is 0 Å². The summed E-state index contributed by atoms with van der Waals surface area (Å²) in [5.74, 6) is 0.817. The lowest BCUT2D eigenvalue weighted by molar-refractivity contribution is 0.280. The lowest BCUT2D eigenvalue weighted by atomic mass is 10.1. The molecule has 1 aromatic carbocycles. The summed E-state index contributed by atoms with van der Waals surface area (Å²) >= 11 is 0. The first-order valence-corrected chi connectivity index (χ1v) is 7.94. The van der Waals surface area contributed by atoms with Crippen LogP contribution in [0.15, 0.2) is 23.4 Å². The number of ether oxygens (including phenoxy) is 1. The minimum atomic E-state index is -3.74. The number of hydrogen-bond acceptors (Lipinski definition) is 6. The van der Waals surface area contributed by atoms with E-state index in [-0.39, 0.29) is 11.4 Å². The quantitative estimate of drug-likeness (QED) is 0.693. The summed E-state index contributed by atoms with van der Waals surface area (Å²) < 4.78 is 32.9. The molecule has 0 spiro atoms. The summed E-state index contributed by atoms with van der Waals surface area (Å²) in [6.45, 7) is 0.521. The first-order valence-electron chi connectivity index (χ1n) is 6.45. The first-order chi connectivity index (χ1) is 10.1. The van der Waals surface area contributed by atoms with Gasteiger partial charge in [0.1, 0.15) is 22.8 Å². The van der Waals surface area contributed by atoms with Crippen molar-refractivity contribution in [3.05, 3.63) is 29.8 Å². The summed E-state index contributed by atoms with van der Waals surface area (Å²) in [4.78, 5) is 3.93. The van der Waals surface area contributed by atoms with E-state index in [2.05, 4.69) is 19.9 Å². The highest BCUT2D eigenvalue weighted by atomic mass is 32.2. The molecule has 2 heterocycles. The zero-order chi connectivity index (χ0) is 14.9. The van der Waals surface area contributed by atoms with Crippen molar-refractivity contribution in [2.75, 3.05) is 12.3 Å². The summed E-state index contributed by atoms with van der Waals surface area (Å²) in [7, 11) is -3.74. The summed E-state index contributed by atoms with van der Waals surface area (Å²) in [6, 6.07) is 3.16. The van der Waals surface area contributed by atoms with E-state index in [0.29, 0.717) is 23.9 Å². The maximum Gasteiger partial charge on any atom is 0.244 e. The molecule has 2 aromatic rings. The van der Waals surface area contributed by atoms with Gasteiger partial charge in [0.15, 0.2) is 0 Å². The first kappa shape index (κ1) is 13.8. The smallest absolute Gasteiger partial charge is 0.244 e. The zero-order valence-corrected chi connectivity index (χ0v) is 12.0. The molecule has 8 nitrogen and oxygen atoms in total. The highest BCUT2D eigenvalue weighted by Crippen LogP contribution is 2.34. The van der Waals surface area contributed by atoms with Gasteiger partial charge in [-0.2, -0.15) is 5.10 Å². The number of rotatable bonds is 4. The molecule has 1 aliphatic heterocycles. The number of nitrogens with two attached hydrogens (primary N) is 1. The number of hydrogen-bond donors (Lipinski definition) is 3. The second-order valence-electron chi connectivity index (χ2n) is 4.72. The van der Waals surface area contributed by atoms with Gasteiger partial charge >= 0.3 is 0 Å². The summed E-state index contributed by atoms with van der Waals surface area (Å²) in [5.41, 5.74) is 7.02. The Balaban J connectivity index is 1.93. The van der Waals surface area contributed by atoms with Crippen LogP contribution in [0, 0.1) is 0 Å². The van der Waals surface area contributed by atoms with Crippen molar-refractivity contribution < 1.29 is 13.2 Å². The Morgan fingerprint density at radius 2 is 2.29 bits per heavy atom. The highest BCUT2D eigenvalue weighted by Gasteiger charge is 2.25. The van der Waals surface area contributed by atoms with Crippen LogP contribution in [0.5, 0.6) is 5.75 Å². The van der Waals surface area contributed by atoms with Gasteiger partial charge in [0, 0.05) is 5.69 Å². The molecule has 0 fully saturated rings. The van der Waals surface area contributed by atoms with Gasteiger partial charge < -0.3 is 10.5 Å². The van der Waals surface area contributed by atoms with Gasteiger partial charge in [-0.05, 0) is 30.5 Å². The molecule has 0 saturated carbocycles. The molecule has 21 heavy (non-hydrogen) atoms. The number of fused-ring (bicyclic) bond motifs is 1. The predicted molar refractivity (Wildman–Crippen MR) is 75.1 cm³/mol.